The van der Waals surface area contributed by atoms with E-state index in [2.05, 4.69) is 17.6 Å². The summed E-state index contributed by atoms with van der Waals surface area (Å²) in [4.78, 5) is 43.4. The van der Waals surface area contributed by atoms with Crippen molar-refractivity contribution in [3.63, 3.8) is 0 Å². The van der Waals surface area contributed by atoms with E-state index < -0.39 is 28.7 Å². The zero-order valence-corrected chi connectivity index (χ0v) is 23.4. The summed E-state index contributed by atoms with van der Waals surface area (Å²) in [7, 11) is 0. The van der Waals surface area contributed by atoms with Crippen molar-refractivity contribution in [3.05, 3.63) is 71.8 Å². The van der Waals surface area contributed by atoms with Gasteiger partial charge in [-0.25, -0.2) is 0 Å². The van der Waals surface area contributed by atoms with E-state index in [9.17, 15) is 19.5 Å². The third kappa shape index (κ3) is 5.33. The van der Waals surface area contributed by atoms with Gasteiger partial charge in [-0.2, -0.15) is 0 Å². The monoisotopic (exact) mass is 549 g/mol. The van der Waals surface area contributed by atoms with Gasteiger partial charge in [-0.1, -0.05) is 80.4 Å². The lowest BCUT2D eigenvalue weighted by Crippen LogP contribution is -2.57. The van der Waals surface area contributed by atoms with Crippen molar-refractivity contribution in [1.29, 1.82) is 0 Å². The number of nitrogens with one attached hydrogen (secondary N) is 2. The number of fused-ring (bicyclic) bond motifs is 1. The molecule has 2 aromatic carbocycles. The summed E-state index contributed by atoms with van der Waals surface area (Å²) < 4.78 is -0.657. The van der Waals surface area contributed by atoms with Crippen LogP contribution in [0.25, 0.3) is 0 Å². The molecule has 6 atom stereocenters. The molecule has 3 heterocycles. The molecule has 8 heteroatoms. The third-order valence-electron chi connectivity index (χ3n) is 8.60. The van der Waals surface area contributed by atoms with Crippen molar-refractivity contribution in [3.8, 4) is 0 Å². The van der Waals surface area contributed by atoms with Crippen LogP contribution in [-0.4, -0.2) is 63.0 Å². The molecule has 1 spiro atoms. The van der Waals surface area contributed by atoms with Crippen LogP contribution >= 0.6 is 11.8 Å². The van der Waals surface area contributed by atoms with Crippen LogP contribution in [0.15, 0.2) is 60.7 Å². The highest BCUT2D eigenvalue weighted by atomic mass is 32.2. The Kier molecular flexibility index (Phi) is 8.62. The van der Waals surface area contributed by atoms with Crippen molar-refractivity contribution < 1.29 is 19.5 Å². The highest BCUT2D eigenvalue weighted by molar-refractivity contribution is 8.02. The maximum Gasteiger partial charge on any atom is 0.244 e. The molecule has 0 aliphatic carbocycles. The van der Waals surface area contributed by atoms with Gasteiger partial charge in [0.05, 0.1) is 29.2 Å². The Hall–Kier alpha value is -2.84. The number of carbonyl (C=O) groups is 3. The highest BCUT2D eigenvalue weighted by Crippen LogP contribution is 2.66. The SMILES string of the molecule is CCCCCNC(=O)C1N([C@@H](CO)Cc2ccccc2)C(=O)[C@@H]2[C@H](C(=O)NCc3ccccc3)[C@@H]3CCC12S3. The molecule has 0 saturated carbocycles. The minimum atomic E-state index is -0.709. The fourth-order valence-corrected chi connectivity index (χ4v) is 9.01. The number of hydrogen-bond donors (Lipinski definition) is 3. The third-order valence-corrected chi connectivity index (χ3v) is 10.5. The van der Waals surface area contributed by atoms with Gasteiger partial charge in [-0.3, -0.25) is 14.4 Å². The number of nitrogens with zero attached hydrogens (tertiary/aromatic N) is 1. The molecule has 208 valence electrons. The molecule has 3 N–H and O–H groups in total. The van der Waals surface area contributed by atoms with Crippen molar-refractivity contribution >= 4 is 29.5 Å². The number of carbonyl (C=O) groups excluding carboxylic acids is 3. The fourth-order valence-electron chi connectivity index (χ4n) is 6.81. The number of aliphatic hydroxyl groups is 1. The predicted octanol–water partition coefficient (Wildman–Crippen LogP) is 3.30. The summed E-state index contributed by atoms with van der Waals surface area (Å²) in [6, 6.07) is 18.2. The predicted molar refractivity (Wildman–Crippen MR) is 153 cm³/mol. The van der Waals surface area contributed by atoms with Crippen molar-refractivity contribution in [2.24, 2.45) is 11.8 Å². The van der Waals surface area contributed by atoms with Crippen LogP contribution < -0.4 is 10.6 Å². The lowest BCUT2D eigenvalue weighted by Gasteiger charge is -2.37. The highest BCUT2D eigenvalue weighted by Gasteiger charge is 2.74. The molecule has 2 aromatic rings. The Balaban J connectivity index is 1.43. The molecular formula is C31H39N3O4S. The summed E-state index contributed by atoms with van der Waals surface area (Å²) in [5.74, 6) is -1.52. The first-order valence-electron chi connectivity index (χ1n) is 14.2. The van der Waals surface area contributed by atoms with Gasteiger partial charge in [0.25, 0.3) is 0 Å². The Morgan fingerprint density at radius 2 is 1.72 bits per heavy atom. The van der Waals surface area contributed by atoms with Crippen LogP contribution in [0, 0.1) is 11.8 Å². The van der Waals surface area contributed by atoms with E-state index in [0.29, 0.717) is 25.9 Å². The van der Waals surface area contributed by atoms with Crippen LogP contribution in [0.3, 0.4) is 0 Å². The normalized spacial score (nSPS) is 27.8. The maximum absolute atomic E-state index is 14.3. The quantitative estimate of drug-likeness (QED) is 0.353. The van der Waals surface area contributed by atoms with E-state index in [4.69, 9.17) is 0 Å². The lowest BCUT2D eigenvalue weighted by molar-refractivity contribution is -0.142. The summed E-state index contributed by atoms with van der Waals surface area (Å²) in [5, 5.41) is 16.7. The molecule has 3 fully saturated rings. The summed E-state index contributed by atoms with van der Waals surface area (Å²) in [6.07, 6.45) is 4.92. The largest absolute Gasteiger partial charge is 0.394 e. The Labute approximate surface area is 235 Å². The van der Waals surface area contributed by atoms with Gasteiger partial charge in [-0.15, -0.1) is 11.8 Å². The standard InChI is InChI=1S/C31H39N3O4S/c1-2-3-10-17-32-29(37)27-31-16-15-24(39-31)25(28(36)33-19-22-13-8-5-9-14-22)26(31)30(38)34(27)23(20-35)18-21-11-6-4-7-12-21/h4-9,11-14,23-27,35H,2-3,10,15-20H2,1H3,(H,32,37)(H,33,36)/t23-,24+,25-,26+,27?,31?/m1/s1. The zero-order chi connectivity index (χ0) is 27.4. The number of amides is 3. The maximum atomic E-state index is 14.3. The van der Waals surface area contributed by atoms with Gasteiger partial charge in [0, 0.05) is 18.3 Å². The molecule has 2 unspecified atom stereocenters. The van der Waals surface area contributed by atoms with Gasteiger partial charge in [-0.05, 0) is 36.8 Å². The smallest absolute Gasteiger partial charge is 0.244 e. The van der Waals surface area contributed by atoms with Crippen LogP contribution in [0.5, 0.6) is 0 Å². The van der Waals surface area contributed by atoms with Crippen molar-refractivity contribution in [2.75, 3.05) is 13.2 Å². The fraction of sp³-hybridized carbons (Fsp3) is 0.516. The molecule has 3 saturated heterocycles. The number of hydrogen-bond acceptors (Lipinski definition) is 5. The number of thioether (sulfide) groups is 1. The second-order valence-corrected chi connectivity index (χ2v) is 12.6. The number of rotatable bonds is 12. The molecule has 39 heavy (non-hydrogen) atoms. The van der Waals surface area contributed by atoms with Gasteiger partial charge in [0.2, 0.25) is 17.7 Å². The molecule has 7 nitrogen and oxygen atoms in total. The van der Waals surface area contributed by atoms with E-state index in [1.54, 1.807) is 16.7 Å². The van der Waals surface area contributed by atoms with E-state index in [0.717, 1.165) is 36.8 Å². The molecule has 0 radical (unpaired) electrons. The molecule has 3 aliphatic heterocycles. The van der Waals surface area contributed by atoms with Crippen molar-refractivity contribution in [2.45, 2.75) is 74.1 Å². The van der Waals surface area contributed by atoms with E-state index in [-0.39, 0.29) is 29.6 Å². The Morgan fingerprint density at radius 3 is 2.38 bits per heavy atom. The van der Waals surface area contributed by atoms with E-state index in [1.165, 1.54) is 0 Å². The lowest BCUT2D eigenvalue weighted by atomic mass is 9.70. The second kappa shape index (κ2) is 12.1. The second-order valence-electron chi connectivity index (χ2n) is 11.0. The van der Waals surface area contributed by atoms with Gasteiger partial charge in [0.1, 0.15) is 6.04 Å². The molecular weight excluding hydrogens is 510 g/mol. The first-order chi connectivity index (χ1) is 19.0. The molecule has 3 amide bonds. The van der Waals surface area contributed by atoms with Crippen LogP contribution in [0.1, 0.15) is 50.2 Å². The van der Waals surface area contributed by atoms with E-state index in [1.807, 2.05) is 60.7 Å². The molecule has 3 aliphatic rings. The van der Waals surface area contributed by atoms with Crippen LogP contribution in [0.2, 0.25) is 0 Å². The average molecular weight is 550 g/mol. The number of unbranched alkanes of at least 4 members (excludes halogenated alkanes) is 2. The Bertz CT molecular complexity index is 1160. The molecule has 2 bridgehead atoms. The van der Waals surface area contributed by atoms with Gasteiger partial charge in [0.15, 0.2) is 0 Å². The van der Waals surface area contributed by atoms with Gasteiger partial charge >= 0.3 is 0 Å². The number of aliphatic hydroxyl groups excluding tert-OH is 1. The van der Waals surface area contributed by atoms with Crippen LogP contribution in [-0.2, 0) is 27.3 Å². The minimum absolute atomic E-state index is 0.00830. The first kappa shape index (κ1) is 27.7. The summed E-state index contributed by atoms with van der Waals surface area (Å²) >= 11 is 1.66. The number of benzene rings is 2. The summed E-state index contributed by atoms with van der Waals surface area (Å²) in [5.41, 5.74) is 2.00. The first-order valence-corrected chi connectivity index (χ1v) is 15.1. The van der Waals surface area contributed by atoms with Crippen LogP contribution in [0.4, 0.5) is 0 Å². The summed E-state index contributed by atoms with van der Waals surface area (Å²) in [6.45, 7) is 2.83. The van der Waals surface area contributed by atoms with E-state index >= 15 is 0 Å². The zero-order valence-electron chi connectivity index (χ0n) is 22.6. The average Bonchev–Trinajstić information content (AvgIpc) is 3.61. The topological polar surface area (TPSA) is 98.7 Å². The minimum Gasteiger partial charge on any atom is -0.394 e. The molecule has 0 aromatic heterocycles. The van der Waals surface area contributed by atoms with Gasteiger partial charge < -0.3 is 20.6 Å². The Morgan fingerprint density at radius 1 is 1.03 bits per heavy atom. The van der Waals surface area contributed by atoms with Crippen molar-refractivity contribution in [1.82, 2.24) is 15.5 Å². The molecule has 5 rings (SSSR count). The number of likely N-dealkylation sites (tertiary alicyclic amines) is 1.